The van der Waals surface area contributed by atoms with Crippen LogP contribution in [0.5, 0.6) is 6.01 Å². The number of hydrogen-bond donors (Lipinski definition) is 1. The van der Waals surface area contributed by atoms with Gasteiger partial charge in [-0.15, -0.1) is 0 Å². The van der Waals surface area contributed by atoms with Gasteiger partial charge >= 0.3 is 12.6 Å². The van der Waals surface area contributed by atoms with E-state index in [2.05, 4.69) is 19.7 Å². The topological polar surface area (TPSA) is 74.6 Å². The molecule has 0 spiro atoms. The van der Waals surface area contributed by atoms with Crippen molar-refractivity contribution in [3.05, 3.63) is 41.2 Å². The molecule has 3 aromatic rings. The maximum Gasteiger partial charge on any atom is 0.389 e. The molecule has 2 aromatic heterocycles. The molecule has 0 aliphatic heterocycles. The fourth-order valence-corrected chi connectivity index (χ4v) is 2.30. The molecule has 0 aliphatic carbocycles. The van der Waals surface area contributed by atoms with Gasteiger partial charge in [-0.3, -0.25) is 0 Å². The molecule has 0 aliphatic rings. The van der Waals surface area contributed by atoms with Crippen molar-refractivity contribution in [2.75, 3.05) is 0 Å². The molecule has 5 nitrogen and oxygen atoms in total. The first-order chi connectivity index (χ1) is 10.6. The Labute approximate surface area is 128 Å². The number of aromatic nitrogens is 3. The van der Waals surface area contributed by atoms with Crippen molar-refractivity contribution in [2.45, 2.75) is 6.61 Å². The maximum absolute atomic E-state index is 12.2. The van der Waals surface area contributed by atoms with Crippen molar-refractivity contribution < 1.29 is 13.5 Å². The molecule has 0 unspecified atom stereocenters. The summed E-state index contributed by atoms with van der Waals surface area (Å²) in [6.45, 7) is -3.02. The Kier molecular flexibility index (Phi) is 3.61. The van der Waals surface area contributed by atoms with Gasteiger partial charge < -0.3 is 9.72 Å². The van der Waals surface area contributed by atoms with E-state index >= 15 is 0 Å². The summed E-state index contributed by atoms with van der Waals surface area (Å²) in [5.74, 6) is 0. The van der Waals surface area contributed by atoms with Gasteiger partial charge in [0, 0.05) is 22.7 Å². The van der Waals surface area contributed by atoms with Crippen molar-refractivity contribution >= 4 is 22.5 Å². The van der Waals surface area contributed by atoms with E-state index in [0.717, 1.165) is 5.39 Å². The summed E-state index contributed by atoms with van der Waals surface area (Å²) in [7, 11) is 0. The summed E-state index contributed by atoms with van der Waals surface area (Å²) in [6.07, 6.45) is 1.29. The van der Waals surface area contributed by atoms with Gasteiger partial charge in [-0.2, -0.15) is 19.0 Å². The van der Waals surface area contributed by atoms with E-state index in [0.29, 0.717) is 27.5 Å². The van der Waals surface area contributed by atoms with Gasteiger partial charge in [0.1, 0.15) is 5.15 Å². The van der Waals surface area contributed by atoms with Gasteiger partial charge in [-0.25, -0.2) is 4.98 Å². The lowest BCUT2D eigenvalue weighted by Gasteiger charge is -2.06. The first-order valence-corrected chi connectivity index (χ1v) is 6.45. The van der Waals surface area contributed by atoms with Crippen LogP contribution in [0, 0.1) is 11.3 Å². The number of benzene rings is 1. The van der Waals surface area contributed by atoms with Crippen LogP contribution < -0.4 is 4.74 Å². The molecule has 3 rings (SSSR count). The van der Waals surface area contributed by atoms with Crippen molar-refractivity contribution in [2.24, 2.45) is 0 Å². The number of ether oxygens (including phenoxy) is 1. The van der Waals surface area contributed by atoms with E-state index < -0.39 is 12.6 Å². The van der Waals surface area contributed by atoms with Gasteiger partial charge in [0.25, 0.3) is 0 Å². The van der Waals surface area contributed by atoms with Crippen LogP contribution in [0.2, 0.25) is 5.15 Å². The Morgan fingerprint density at radius 2 is 2.14 bits per heavy atom. The molecule has 2 heterocycles. The van der Waals surface area contributed by atoms with E-state index in [-0.39, 0.29) is 0 Å². The average molecular weight is 321 g/mol. The summed E-state index contributed by atoms with van der Waals surface area (Å²) in [5, 5.41) is 10.5. The zero-order chi connectivity index (χ0) is 15.7. The molecule has 1 aromatic carbocycles. The third kappa shape index (κ3) is 2.69. The number of rotatable bonds is 3. The fraction of sp³-hybridized carbons (Fsp3) is 0.0714. The van der Waals surface area contributed by atoms with E-state index in [4.69, 9.17) is 11.6 Å². The number of hydrogen-bond acceptors (Lipinski definition) is 4. The zero-order valence-electron chi connectivity index (χ0n) is 10.8. The molecule has 0 bridgehead atoms. The molecular weight excluding hydrogens is 314 g/mol. The van der Waals surface area contributed by atoms with Gasteiger partial charge in [0.05, 0.1) is 17.3 Å². The first-order valence-electron chi connectivity index (χ1n) is 6.07. The molecule has 1 N–H and O–H groups in total. The number of nitrogens with zero attached hydrogens (tertiary/aromatic N) is 3. The molecule has 0 amide bonds. The highest BCUT2D eigenvalue weighted by Crippen LogP contribution is 2.29. The Bertz CT molecular complexity index is 888. The van der Waals surface area contributed by atoms with Crippen LogP contribution in [-0.4, -0.2) is 21.6 Å². The minimum Gasteiger partial charge on any atom is -0.401 e. The summed E-state index contributed by atoms with van der Waals surface area (Å²) in [5.41, 5.74) is 1.81. The number of fused-ring (bicyclic) bond motifs is 1. The van der Waals surface area contributed by atoms with Crippen LogP contribution in [0.1, 0.15) is 5.56 Å². The Morgan fingerprint density at radius 3 is 2.86 bits per heavy atom. The van der Waals surface area contributed by atoms with Crippen molar-refractivity contribution in [3.8, 4) is 23.3 Å². The number of aromatic amines is 1. The highest BCUT2D eigenvalue weighted by molar-refractivity contribution is 6.30. The minimum absolute atomic E-state index is 0.307. The number of nitriles is 1. The third-order valence-corrected chi connectivity index (χ3v) is 3.15. The second kappa shape index (κ2) is 5.58. The monoisotopic (exact) mass is 320 g/mol. The molecule has 0 radical (unpaired) electrons. The number of H-pyrrole nitrogens is 1. The number of alkyl halides is 2. The lowest BCUT2D eigenvalue weighted by atomic mass is 10.0. The van der Waals surface area contributed by atoms with Gasteiger partial charge in [-0.05, 0) is 24.3 Å². The van der Waals surface area contributed by atoms with Crippen LogP contribution in [0.4, 0.5) is 8.78 Å². The summed E-state index contributed by atoms with van der Waals surface area (Å²) in [4.78, 5) is 10.4. The number of nitrogens with one attached hydrogen (secondary N) is 1. The standard InChI is InChI=1S/C14H7ClF2N4O/c15-12-5-7-3-9(8(6-18)4-11(7)20-12)10-1-2-19-14(21-10)22-13(16)17/h1-5,13,20H. The Hall–Kier alpha value is -2.72. The fourth-order valence-electron chi connectivity index (χ4n) is 2.08. The first kappa shape index (κ1) is 14.2. The van der Waals surface area contributed by atoms with Crippen LogP contribution in [0.15, 0.2) is 30.5 Å². The minimum atomic E-state index is -3.02. The smallest absolute Gasteiger partial charge is 0.389 e. The van der Waals surface area contributed by atoms with Crippen molar-refractivity contribution in [1.29, 1.82) is 5.26 Å². The summed E-state index contributed by atoms with van der Waals surface area (Å²) < 4.78 is 28.7. The van der Waals surface area contributed by atoms with Crippen LogP contribution >= 0.6 is 11.6 Å². The Morgan fingerprint density at radius 1 is 1.32 bits per heavy atom. The van der Waals surface area contributed by atoms with E-state index in [1.807, 2.05) is 6.07 Å². The second-order valence-electron chi connectivity index (χ2n) is 4.32. The quantitative estimate of drug-likeness (QED) is 0.797. The van der Waals surface area contributed by atoms with Crippen molar-refractivity contribution in [3.63, 3.8) is 0 Å². The van der Waals surface area contributed by atoms with E-state index in [1.54, 1.807) is 18.2 Å². The highest BCUT2D eigenvalue weighted by Gasteiger charge is 2.13. The molecule has 0 atom stereocenters. The molecule has 22 heavy (non-hydrogen) atoms. The average Bonchev–Trinajstić information content (AvgIpc) is 2.84. The predicted molar refractivity (Wildman–Crippen MR) is 75.7 cm³/mol. The SMILES string of the molecule is N#Cc1cc2[nH]c(Cl)cc2cc1-c1ccnc(OC(F)F)n1. The van der Waals surface area contributed by atoms with Crippen LogP contribution in [0.25, 0.3) is 22.2 Å². The lowest BCUT2D eigenvalue weighted by molar-refractivity contribution is -0.0560. The summed E-state index contributed by atoms with van der Waals surface area (Å²) >= 11 is 5.89. The molecular formula is C14H7ClF2N4O. The van der Waals surface area contributed by atoms with Crippen LogP contribution in [0.3, 0.4) is 0 Å². The number of halogens is 3. The highest BCUT2D eigenvalue weighted by atomic mass is 35.5. The molecule has 8 heteroatoms. The van der Waals surface area contributed by atoms with E-state index in [1.165, 1.54) is 12.3 Å². The second-order valence-corrected chi connectivity index (χ2v) is 4.72. The summed E-state index contributed by atoms with van der Waals surface area (Å²) in [6, 6.07) is 8.11. The molecule has 0 saturated heterocycles. The van der Waals surface area contributed by atoms with E-state index in [9.17, 15) is 14.0 Å². The maximum atomic E-state index is 12.2. The van der Waals surface area contributed by atoms with Gasteiger partial charge in [0.2, 0.25) is 0 Å². The Balaban J connectivity index is 2.14. The molecule has 0 fully saturated rings. The predicted octanol–water partition coefficient (Wildman–Crippen LogP) is 3.75. The van der Waals surface area contributed by atoms with Gasteiger partial charge in [0.15, 0.2) is 0 Å². The van der Waals surface area contributed by atoms with Gasteiger partial charge in [-0.1, -0.05) is 11.6 Å². The van der Waals surface area contributed by atoms with Crippen molar-refractivity contribution in [1.82, 2.24) is 15.0 Å². The van der Waals surface area contributed by atoms with Crippen LogP contribution in [-0.2, 0) is 0 Å². The zero-order valence-corrected chi connectivity index (χ0v) is 11.6. The normalized spacial score (nSPS) is 10.9. The third-order valence-electron chi connectivity index (χ3n) is 2.95. The molecule has 0 saturated carbocycles. The molecule has 110 valence electrons. The largest absolute Gasteiger partial charge is 0.401 e. The lowest BCUT2D eigenvalue weighted by Crippen LogP contribution is -2.05.